The van der Waals surface area contributed by atoms with Crippen molar-refractivity contribution < 1.29 is 4.39 Å². The van der Waals surface area contributed by atoms with Gasteiger partial charge < -0.3 is 5.32 Å². The molecule has 0 saturated carbocycles. The van der Waals surface area contributed by atoms with Gasteiger partial charge in [-0.25, -0.2) is 4.39 Å². The van der Waals surface area contributed by atoms with E-state index in [-0.39, 0.29) is 5.82 Å². The van der Waals surface area contributed by atoms with Crippen molar-refractivity contribution in [3.8, 4) is 0 Å². The number of hydrogen-bond acceptors (Lipinski definition) is 2. The molecule has 0 aliphatic heterocycles. The molecular formula is C11H15ClFNS. The quantitative estimate of drug-likeness (QED) is 0.857. The molecule has 4 heteroatoms. The average molecular weight is 248 g/mol. The predicted octanol–water partition coefficient (Wildman–Crippen LogP) is 3.32. The van der Waals surface area contributed by atoms with E-state index >= 15 is 0 Å². The Kier molecular flexibility index (Phi) is 5.43. The highest BCUT2D eigenvalue weighted by Gasteiger charge is 2.04. The highest BCUT2D eigenvalue weighted by molar-refractivity contribution is 7.98. The zero-order valence-electron chi connectivity index (χ0n) is 8.89. The Morgan fingerprint density at radius 2 is 2.27 bits per heavy atom. The summed E-state index contributed by atoms with van der Waals surface area (Å²) in [6, 6.07) is 4.84. The van der Waals surface area contributed by atoms with Crippen molar-refractivity contribution in [3.05, 3.63) is 34.6 Å². The summed E-state index contributed by atoms with van der Waals surface area (Å²) in [5, 5.41) is 3.91. The van der Waals surface area contributed by atoms with E-state index in [1.807, 2.05) is 0 Å². The SMILES string of the molecule is CSCC(C)NCc1cc(F)ccc1Cl. The van der Waals surface area contributed by atoms with Crippen LogP contribution < -0.4 is 5.32 Å². The van der Waals surface area contributed by atoms with Gasteiger partial charge >= 0.3 is 0 Å². The first kappa shape index (κ1) is 12.8. The van der Waals surface area contributed by atoms with Gasteiger partial charge in [0.05, 0.1) is 0 Å². The lowest BCUT2D eigenvalue weighted by atomic mass is 10.2. The lowest BCUT2D eigenvalue weighted by molar-refractivity contribution is 0.587. The minimum absolute atomic E-state index is 0.242. The smallest absolute Gasteiger partial charge is 0.123 e. The van der Waals surface area contributed by atoms with Gasteiger partial charge in [0.2, 0.25) is 0 Å². The molecule has 0 spiro atoms. The molecule has 0 heterocycles. The first-order valence-corrected chi connectivity index (χ1v) is 6.57. The van der Waals surface area contributed by atoms with Crippen molar-refractivity contribution in [1.29, 1.82) is 0 Å². The van der Waals surface area contributed by atoms with Gasteiger partial charge in [-0.1, -0.05) is 11.6 Å². The molecule has 1 rings (SSSR count). The molecule has 1 nitrogen and oxygen atoms in total. The molecule has 1 aromatic rings. The Hall–Kier alpha value is -0.250. The first-order valence-electron chi connectivity index (χ1n) is 4.79. The topological polar surface area (TPSA) is 12.0 Å². The molecule has 84 valence electrons. The molecule has 0 aromatic heterocycles. The van der Waals surface area contributed by atoms with E-state index in [1.165, 1.54) is 12.1 Å². The highest BCUT2D eigenvalue weighted by Crippen LogP contribution is 2.16. The van der Waals surface area contributed by atoms with E-state index in [2.05, 4.69) is 18.5 Å². The molecule has 0 bridgehead atoms. The number of thioether (sulfide) groups is 1. The van der Waals surface area contributed by atoms with Crippen LogP contribution in [0.3, 0.4) is 0 Å². The van der Waals surface area contributed by atoms with Gasteiger partial charge in [0, 0.05) is 23.4 Å². The molecular weight excluding hydrogens is 233 g/mol. The first-order chi connectivity index (χ1) is 7.13. The van der Waals surface area contributed by atoms with Crippen LogP contribution in [0.2, 0.25) is 5.02 Å². The van der Waals surface area contributed by atoms with Crippen molar-refractivity contribution >= 4 is 23.4 Å². The van der Waals surface area contributed by atoms with Gasteiger partial charge in [0.15, 0.2) is 0 Å². The summed E-state index contributed by atoms with van der Waals surface area (Å²) in [4.78, 5) is 0. The second-order valence-electron chi connectivity index (χ2n) is 3.47. The second kappa shape index (κ2) is 6.36. The van der Waals surface area contributed by atoms with Gasteiger partial charge in [0.1, 0.15) is 5.82 Å². The molecule has 0 fully saturated rings. The molecule has 0 aliphatic carbocycles. The van der Waals surface area contributed by atoms with Gasteiger partial charge in [-0.15, -0.1) is 0 Å². The van der Waals surface area contributed by atoms with E-state index in [0.29, 0.717) is 17.6 Å². The minimum atomic E-state index is -0.242. The number of rotatable bonds is 5. The molecule has 0 radical (unpaired) electrons. The number of benzene rings is 1. The van der Waals surface area contributed by atoms with E-state index < -0.39 is 0 Å². The van der Waals surface area contributed by atoms with E-state index in [9.17, 15) is 4.39 Å². The Balaban J connectivity index is 2.53. The number of nitrogens with one attached hydrogen (secondary N) is 1. The molecule has 1 unspecified atom stereocenters. The third-order valence-corrected chi connectivity index (χ3v) is 3.27. The lowest BCUT2D eigenvalue weighted by Gasteiger charge is -2.13. The monoisotopic (exact) mass is 247 g/mol. The summed E-state index contributed by atoms with van der Waals surface area (Å²) in [6.07, 6.45) is 2.06. The molecule has 15 heavy (non-hydrogen) atoms. The molecule has 0 aliphatic rings. The van der Waals surface area contributed by atoms with Gasteiger partial charge in [-0.05, 0) is 36.9 Å². The fraction of sp³-hybridized carbons (Fsp3) is 0.455. The van der Waals surface area contributed by atoms with Crippen LogP contribution in [0, 0.1) is 5.82 Å². The Morgan fingerprint density at radius 1 is 1.53 bits per heavy atom. The van der Waals surface area contributed by atoms with E-state index in [4.69, 9.17) is 11.6 Å². The second-order valence-corrected chi connectivity index (χ2v) is 4.79. The van der Waals surface area contributed by atoms with Crippen molar-refractivity contribution in [2.45, 2.75) is 19.5 Å². The van der Waals surface area contributed by atoms with Crippen LogP contribution in [0.25, 0.3) is 0 Å². The van der Waals surface area contributed by atoms with Crippen LogP contribution in [-0.2, 0) is 6.54 Å². The fourth-order valence-electron chi connectivity index (χ4n) is 1.27. The van der Waals surface area contributed by atoms with Crippen LogP contribution in [0.5, 0.6) is 0 Å². The van der Waals surface area contributed by atoms with E-state index in [1.54, 1.807) is 17.8 Å². The summed E-state index contributed by atoms with van der Waals surface area (Å²) in [6.45, 7) is 2.71. The maximum Gasteiger partial charge on any atom is 0.123 e. The summed E-state index contributed by atoms with van der Waals surface area (Å²) < 4.78 is 12.9. The summed E-state index contributed by atoms with van der Waals surface area (Å²) in [5.41, 5.74) is 0.810. The molecule has 1 aromatic carbocycles. The minimum Gasteiger partial charge on any atom is -0.309 e. The summed E-state index contributed by atoms with van der Waals surface area (Å²) in [7, 11) is 0. The van der Waals surface area contributed by atoms with E-state index in [0.717, 1.165) is 11.3 Å². The van der Waals surface area contributed by atoms with Gasteiger partial charge in [-0.2, -0.15) is 11.8 Å². The van der Waals surface area contributed by atoms with Crippen molar-refractivity contribution in [2.24, 2.45) is 0 Å². The van der Waals surface area contributed by atoms with Gasteiger partial charge in [0.25, 0.3) is 0 Å². The van der Waals surface area contributed by atoms with Crippen LogP contribution in [0.15, 0.2) is 18.2 Å². The lowest BCUT2D eigenvalue weighted by Crippen LogP contribution is -2.27. The fourth-order valence-corrected chi connectivity index (χ4v) is 2.07. The number of halogens is 2. The normalized spacial score (nSPS) is 12.8. The summed E-state index contributed by atoms with van der Waals surface area (Å²) >= 11 is 7.73. The zero-order chi connectivity index (χ0) is 11.3. The van der Waals surface area contributed by atoms with Crippen LogP contribution >= 0.6 is 23.4 Å². The Morgan fingerprint density at radius 3 is 2.93 bits per heavy atom. The highest BCUT2D eigenvalue weighted by atomic mass is 35.5. The summed E-state index contributed by atoms with van der Waals surface area (Å²) in [5.74, 6) is 0.793. The Bertz CT molecular complexity index is 319. The van der Waals surface area contributed by atoms with Crippen molar-refractivity contribution in [1.82, 2.24) is 5.32 Å². The Labute approximate surface area is 99.4 Å². The third-order valence-electron chi connectivity index (χ3n) is 2.07. The van der Waals surface area contributed by atoms with Crippen LogP contribution in [0.4, 0.5) is 4.39 Å². The molecule has 0 amide bonds. The van der Waals surface area contributed by atoms with Crippen molar-refractivity contribution in [3.63, 3.8) is 0 Å². The largest absolute Gasteiger partial charge is 0.309 e. The number of hydrogen-bond donors (Lipinski definition) is 1. The average Bonchev–Trinajstić information content (AvgIpc) is 2.20. The van der Waals surface area contributed by atoms with Crippen molar-refractivity contribution in [2.75, 3.05) is 12.0 Å². The molecule has 0 saturated heterocycles. The van der Waals surface area contributed by atoms with Crippen LogP contribution in [0.1, 0.15) is 12.5 Å². The predicted molar refractivity (Wildman–Crippen MR) is 66.1 cm³/mol. The molecule has 1 atom stereocenters. The maximum absolute atomic E-state index is 12.9. The standard InChI is InChI=1S/C11H15ClFNS/c1-8(7-15-2)14-6-9-5-10(13)3-4-11(9)12/h3-5,8,14H,6-7H2,1-2H3. The maximum atomic E-state index is 12.9. The molecule has 1 N–H and O–H groups in total. The third kappa shape index (κ3) is 4.41. The van der Waals surface area contributed by atoms with Crippen LogP contribution in [-0.4, -0.2) is 18.1 Å². The zero-order valence-corrected chi connectivity index (χ0v) is 10.5. The van der Waals surface area contributed by atoms with Gasteiger partial charge in [-0.3, -0.25) is 0 Å².